The van der Waals surface area contributed by atoms with E-state index >= 15 is 0 Å². The maximum atomic E-state index is 11.3. The van der Waals surface area contributed by atoms with Gasteiger partial charge in [0.2, 0.25) is 0 Å². The van der Waals surface area contributed by atoms with Gasteiger partial charge in [0.15, 0.2) is 6.10 Å². The summed E-state index contributed by atoms with van der Waals surface area (Å²) in [6.45, 7) is 1.94. The minimum absolute atomic E-state index is 0.330. The molecule has 0 spiro atoms. The van der Waals surface area contributed by atoms with Crippen molar-refractivity contribution in [1.29, 1.82) is 0 Å². The van der Waals surface area contributed by atoms with Gasteiger partial charge >= 0.3 is 5.97 Å². The molecule has 20 heavy (non-hydrogen) atoms. The second kappa shape index (κ2) is 6.57. The van der Waals surface area contributed by atoms with E-state index < -0.39 is 12.1 Å². The number of hydrogen-bond donors (Lipinski definition) is 1. The number of carboxylic acids is 1. The summed E-state index contributed by atoms with van der Waals surface area (Å²) in [5.41, 5.74) is 1.96. The molecule has 1 atom stereocenters. The number of hydrogen-bond acceptors (Lipinski definition) is 2. The summed E-state index contributed by atoms with van der Waals surface area (Å²) < 4.78 is 6.55. The Hall–Kier alpha value is -1.81. The summed E-state index contributed by atoms with van der Waals surface area (Å²) in [5, 5.41) is 9.29. The lowest BCUT2D eigenvalue weighted by molar-refractivity contribution is -0.145. The van der Waals surface area contributed by atoms with Crippen LogP contribution in [0, 0.1) is 6.92 Å². The highest BCUT2D eigenvalue weighted by Gasteiger charge is 2.20. The Morgan fingerprint density at radius 1 is 1.25 bits per heavy atom. The van der Waals surface area contributed by atoms with Gasteiger partial charge in [0.05, 0.1) is 0 Å². The lowest BCUT2D eigenvalue weighted by atomic mass is 10.1. The molecule has 4 heteroatoms. The van der Waals surface area contributed by atoms with E-state index in [1.54, 1.807) is 6.07 Å². The molecule has 2 aromatic carbocycles. The zero-order valence-electron chi connectivity index (χ0n) is 11.0. The van der Waals surface area contributed by atoms with Gasteiger partial charge in [-0.25, -0.2) is 4.79 Å². The van der Waals surface area contributed by atoms with Crippen molar-refractivity contribution in [1.82, 2.24) is 0 Å². The molecular weight excluding hydrogens is 320 g/mol. The number of aliphatic carboxylic acids is 1. The summed E-state index contributed by atoms with van der Waals surface area (Å²) >= 11 is 3.35. The first kappa shape index (κ1) is 14.6. The fourth-order valence-electron chi connectivity index (χ4n) is 1.87. The number of ether oxygens (including phenoxy) is 1. The molecule has 0 saturated carbocycles. The number of aryl methyl sites for hydroxylation is 1. The minimum atomic E-state index is -0.963. The van der Waals surface area contributed by atoms with Crippen molar-refractivity contribution in [2.24, 2.45) is 0 Å². The molecular formula is C16H15BrO3. The van der Waals surface area contributed by atoms with Gasteiger partial charge in [-0.15, -0.1) is 0 Å². The van der Waals surface area contributed by atoms with Crippen molar-refractivity contribution in [3.63, 3.8) is 0 Å². The Morgan fingerprint density at radius 2 is 1.95 bits per heavy atom. The summed E-state index contributed by atoms with van der Waals surface area (Å²) in [7, 11) is 0. The van der Waals surface area contributed by atoms with Gasteiger partial charge in [-0.3, -0.25) is 0 Å². The average Bonchev–Trinajstić information content (AvgIpc) is 2.40. The minimum Gasteiger partial charge on any atom is -0.478 e. The van der Waals surface area contributed by atoms with Crippen LogP contribution in [-0.4, -0.2) is 17.2 Å². The zero-order chi connectivity index (χ0) is 14.5. The smallest absolute Gasteiger partial charge is 0.345 e. The maximum Gasteiger partial charge on any atom is 0.345 e. The lowest BCUT2D eigenvalue weighted by Crippen LogP contribution is -2.29. The number of carboxylic acid groups (broad SMARTS) is 1. The van der Waals surface area contributed by atoms with Crippen molar-refractivity contribution in [3.8, 4) is 5.75 Å². The van der Waals surface area contributed by atoms with E-state index in [0.29, 0.717) is 12.2 Å². The van der Waals surface area contributed by atoms with E-state index in [-0.39, 0.29) is 0 Å². The molecule has 0 aromatic heterocycles. The molecule has 0 radical (unpaired) electrons. The highest BCUT2D eigenvalue weighted by atomic mass is 79.9. The van der Waals surface area contributed by atoms with Crippen molar-refractivity contribution >= 4 is 21.9 Å². The SMILES string of the molecule is Cc1cccc(O[C@@H](Cc2ccc(Br)cc2)C(=O)O)c1. The van der Waals surface area contributed by atoms with Crippen LogP contribution in [0.2, 0.25) is 0 Å². The molecule has 0 aliphatic rings. The Kier molecular flexibility index (Phi) is 4.79. The fraction of sp³-hybridized carbons (Fsp3) is 0.188. The molecule has 0 saturated heterocycles. The number of halogens is 1. The third kappa shape index (κ3) is 4.10. The standard InChI is InChI=1S/C16H15BrO3/c1-11-3-2-4-14(9-11)20-15(16(18)19)10-12-5-7-13(17)8-6-12/h2-9,15H,10H2,1H3,(H,18,19)/t15-/m0/s1. The molecule has 0 bridgehead atoms. The number of benzene rings is 2. The third-order valence-electron chi connectivity index (χ3n) is 2.88. The van der Waals surface area contributed by atoms with E-state index in [4.69, 9.17) is 4.74 Å². The summed E-state index contributed by atoms with van der Waals surface area (Å²) in [6, 6.07) is 14.9. The Morgan fingerprint density at radius 3 is 2.55 bits per heavy atom. The van der Waals surface area contributed by atoms with Crippen molar-refractivity contribution in [2.45, 2.75) is 19.4 Å². The molecule has 2 rings (SSSR count). The molecule has 3 nitrogen and oxygen atoms in total. The van der Waals surface area contributed by atoms with Gasteiger partial charge < -0.3 is 9.84 Å². The van der Waals surface area contributed by atoms with Gasteiger partial charge in [0.1, 0.15) is 5.75 Å². The van der Waals surface area contributed by atoms with Crippen LogP contribution in [0.3, 0.4) is 0 Å². The molecule has 1 N–H and O–H groups in total. The summed E-state index contributed by atoms with van der Waals surface area (Å²) in [5.74, 6) is -0.385. The highest BCUT2D eigenvalue weighted by molar-refractivity contribution is 9.10. The van der Waals surface area contributed by atoms with Crippen LogP contribution in [0.5, 0.6) is 5.75 Å². The van der Waals surface area contributed by atoms with Gasteiger partial charge in [0, 0.05) is 10.9 Å². The molecule has 0 unspecified atom stereocenters. The molecule has 0 amide bonds. The van der Waals surface area contributed by atoms with Crippen LogP contribution >= 0.6 is 15.9 Å². The van der Waals surface area contributed by atoms with E-state index in [1.807, 2.05) is 49.4 Å². The summed E-state index contributed by atoms with van der Waals surface area (Å²) in [6.07, 6.45) is -0.561. The molecule has 0 fully saturated rings. The van der Waals surface area contributed by atoms with Crippen molar-refractivity contribution in [2.75, 3.05) is 0 Å². The third-order valence-corrected chi connectivity index (χ3v) is 3.41. The Balaban J connectivity index is 2.11. The Labute approximate surface area is 126 Å². The van der Waals surface area contributed by atoms with E-state index in [2.05, 4.69) is 15.9 Å². The molecule has 0 aliphatic heterocycles. The second-order valence-corrected chi connectivity index (χ2v) is 5.51. The normalized spacial score (nSPS) is 11.9. The van der Waals surface area contributed by atoms with Crippen LogP contribution in [0.4, 0.5) is 0 Å². The molecule has 2 aromatic rings. The predicted octanol–water partition coefficient (Wildman–Crippen LogP) is 3.83. The molecule has 104 valence electrons. The van der Waals surface area contributed by atoms with Gasteiger partial charge in [-0.05, 0) is 42.3 Å². The summed E-state index contributed by atoms with van der Waals surface area (Å²) in [4.78, 5) is 11.3. The van der Waals surface area contributed by atoms with Crippen LogP contribution < -0.4 is 4.74 Å². The first-order chi connectivity index (χ1) is 9.54. The largest absolute Gasteiger partial charge is 0.478 e. The van der Waals surface area contributed by atoms with Gasteiger partial charge in [-0.1, -0.05) is 40.2 Å². The van der Waals surface area contributed by atoms with Crippen LogP contribution in [0.1, 0.15) is 11.1 Å². The van der Waals surface area contributed by atoms with Gasteiger partial charge in [0.25, 0.3) is 0 Å². The topological polar surface area (TPSA) is 46.5 Å². The van der Waals surface area contributed by atoms with E-state index in [9.17, 15) is 9.90 Å². The van der Waals surface area contributed by atoms with Crippen molar-refractivity contribution in [3.05, 3.63) is 64.1 Å². The molecule has 0 aliphatic carbocycles. The van der Waals surface area contributed by atoms with Crippen LogP contribution in [0.15, 0.2) is 53.0 Å². The van der Waals surface area contributed by atoms with E-state index in [0.717, 1.165) is 15.6 Å². The van der Waals surface area contributed by atoms with E-state index in [1.165, 1.54) is 0 Å². The van der Waals surface area contributed by atoms with Gasteiger partial charge in [-0.2, -0.15) is 0 Å². The number of carbonyl (C=O) groups is 1. The second-order valence-electron chi connectivity index (χ2n) is 4.59. The zero-order valence-corrected chi connectivity index (χ0v) is 12.6. The average molecular weight is 335 g/mol. The monoisotopic (exact) mass is 334 g/mol. The predicted molar refractivity (Wildman–Crippen MR) is 81.1 cm³/mol. The fourth-order valence-corrected chi connectivity index (χ4v) is 2.13. The lowest BCUT2D eigenvalue weighted by Gasteiger charge is -2.15. The molecule has 0 heterocycles. The first-order valence-corrected chi connectivity index (χ1v) is 7.04. The Bertz CT molecular complexity index is 593. The van der Waals surface area contributed by atoms with Crippen LogP contribution in [-0.2, 0) is 11.2 Å². The first-order valence-electron chi connectivity index (χ1n) is 6.25. The highest BCUT2D eigenvalue weighted by Crippen LogP contribution is 2.17. The maximum absolute atomic E-state index is 11.3. The van der Waals surface area contributed by atoms with Crippen LogP contribution in [0.25, 0.3) is 0 Å². The van der Waals surface area contributed by atoms with Crippen molar-refractivity contribution < 1.29 is 14.6 Å². The quantitative estimate of drug-likeness (QED) is 0.903. The number of rotatable bonds is 5.